The standard InChI is InChI=1S/C16H23N5O2/c1-12(13-5-7-15(8-6-13)21(22)23)17-10-16(19(2)3)14-9-18-20(4)11-14/h5-9,11-12,16-17H,10H2,1-4H3/t12-,16-/m1/s1. The van der Waals surface area contributed by atoms with Gasteiger partial charge in [-0.2, -0.15) is 5.10 Å². The molecule has 0 aliphatic heterocycles. The van der Waals surface area contributed by atoms with Crippen LogP contribution in [0.4, 0.5) is 5.69 Å². The van der Waals surface area contributed by atoms with Gasteiger partial charge in [-0.25, -0.2) is 0 Å². The predicted molar refractivity (Wildman–Crippen MR) is 89.2 cm³/mol. The summed E-state index contributed by atoms with van der Waals surface area (Å²) in [6.07, 6.45) is 3.89. The summed E-state index contributed by atoms with van der Waals surface area (Å²) < 4.78 is 1.80. The van der Waals surface area contributed by atoms with Crippen LogP contribution in [0, 0.1) is 10.1 Å². The Kier molecular flexibility index (Phi) is 5.46. The first-order chi connectivity index (χ1) is 10.9. The number of rotatable bonds is 7. The SMILES string of the molecule is C[C@@H](NC[C@H](c1cnn(C)c1)N(C)C)c1ccc([N+](=O)[O-])cc1. The molecule has 0 bridgehead atoms. The Labute approximate surface area is 136 Å². The van der Waals surface area contributed by atoms with Gasteiger partial charge in [0.15, 0.2) is 0 Å². The molecule has 2 atom stereocenters. The molecule has 0 amide bonds. The Morgan fingerprint density at radius 3 is 2.43 bits per heavy atom. The molecular weight excluding hydrogens is 294 g/mol. The van der Waals surface area contributed by atoms with Crippen LogP contribution in [0.2, 0.25) is 0 Å². The van der Waals surface area contributed by atoms with Gasteiger partial charge in [0.1, 0.15) is 0 Å². The molecular formula is C16H23N5O2. The third kappa shape index (κ3) is 4.37. The molecule has 1 N–H and O–H groups in total. The Morgan fingerprint density at radius 1 is 1.30 bits per heavy atom. The van der Waals surface area contributed by atoms with Gasteiger partial charge < -0.3 is 10.2 Å². The third-order valence-electron chi connectivity index (χ3n) is 3.95. The lowest BCUT2D eigenvalue weighted by molar-refractivity contribution is -0.384. The smallest absolute Gasteiger partial charge is 0.269 e. The van der Waals surface area contributed by atoms with Crippen molar-refractivity contribution in [1.82, 2.24) is 20.0 Å². The topological polar surface area (TPSA) is 76.2 Å². The molecule has 0 saturated carbocycles. The van der Waals surface area contributed by atoms with Crippen molar-refractivity contribution in [3.05, 3.63) is 57.9 Å². The average Bonchev–Trinajstić information content (AvgIpc) is 2.93. The maximum absolute atomic E-state index is 10.7. The highest BCUT2D eigenvalue weighted by Crippen LogP contribution is 2.20. The van der Waals surface area contributed by atoms with Gasteiger partial charge in [0.2, 0.25) is 0 Å². The van der Waals surface area contributed by atoms with E-state index < -0.39 is 0 Å². The summed E-state index contributed by atoms with van der Waals surface area (Å²) in [7, 11) is 5.98. The van der Waals surface area contributed by atoms with E-state index in [1.165, 1.54) is 12.1 Å². The monoisotopic (exact) mass is 317 g/mol. The number of aromatic nitrogens is 2. The number of likely N-dealkylation sites (N-methyl/N-ethyl adjacent to an activating group) is 1. The second-order valence-corrected chi connectivity index (χ2v) is 5.91. The Balaban J connectivity index is 2.01. The number of nitro groups is 1. The molecule has 0 unspecified atom stereocenters. The van der Waals surface area contributed by atoms with Crippen molar-refractivity contribution in [2.75, 3.05) is 20.6 Å². The summed E-state index contributed by atoms with van der Waals surface area (Å²) in [5.74, 6) is 0. The second-order valence-electron chi connectivity index (χ2n) is 5.91. The van der Waals surface area contributed by atoms with Crippen molar-refractivity contribution in [3.8, 4) is 0 Å². The van der Waals surface area contributed by atoms with E-state index in [2.05, 4.69) is 22.2 Å². The highest BCUT2D eigenvalue weighted by atomic mass is 16.6. The molecule has 124 valence electrons. The van der Waals surface area contributed by atoms with E-state index in [1.54, 1.807) is 16.8 Å². The molecule has 0 aliphatic rings. The number of hydrogen-bond acceptors (Lipinski definition) is 5. The zero-order chi connectivity index (χ0) is 17.0. The first kappa shape index (κ1) is 17.1. The third-order valence-corrected chi connectivity index (χ3v) is 3.95. The summed E-state index contributed by atoms with van der Waals surface area (Å²) in [4.78, 5) is 12.5. The fraction of sp³-hybridized carbons (Fsp3) is 0.438. The van der Waals surface area contributed by atoms with E-state index in [0.29, 0.717) is 0 Å². The van der Waals surface area contributed by atoms with E-state index in [9.17, 15) is 10.1 Å². The lowest BCUT2D eigenvalue weighted by Gasteiger charge is -2.25. The van der Waals surface area contributed by atoms with Crippen LogP contribution in [-0.4, -0.2) is 40.2 Å². The Bertz CT molecular complexity index is 651. The highest BCUT2D eigenvalue weighted by Gasteiger charge is 2.17. The van der Waals surface area contributed by atoms with Crippen LogP contribution in [0.5, 0.6) is 0 Å². The summed E-state index contributed by atoms with van der Waals surface area (Å²) in [5.41, 5.74) is 2.29. The van der Waals surface area contributed by atoms with E-state index in [-0.39, 0.29) is 22.7 Å². The Hall–Kier alpha value is -2.25. The number of nitrogens with one attached hydrogen (secondary N) is 1. The van der Waals surface area contributed by atoms with Crippen LogP contribution in [0.25, 0.3) is 0 Å². The van der Waals surface area contributed by atoms with Crippen LogP contribution in [0.3, 0.4) is 0 Å². The normalized spacial score (nSPS) is 14.0. The number of non-ortho nitro benzene ring substituents is 1. The maximum atomic E-state index is 10.7. The zero-order valence-corrected chi connectivity index (χ0v) is 13.9. The molecule has 0 saturated heterocycles. The molecule has 7 heteroatoms. The van der Waals surface area contributed by atoms with Gasteiger partial charge in [-0.1, -0.05) is 12.1 Å². The van der Waals surface area contributed by atoms with E-state index >= 15 is 0 Å². The lowest BCUT2D eigenvalue weighted by Crippen LogP contribution is -2.32. The van der Waals surface area contributed by atoms with Gasteiger partial charge in [-0.3, -0.25) is 14.8 Å². The van der Waals surface area contributed by atoms with Crippen LogP contribution >= 0.6 is 0 Å². The summed E-state index contributed by atoms with van der Waals surface area (Å²) in [5, 5.41) is 18.4. The molecule has 1 aromatic heterocycles. The number of aryl methyl sites for hydroxylation is 1. The molecule has 7 nitrogen and oxygen atoms in total. The molecule has 1 aromatic carbocycles. The Morgan fingerprint density at radius 2 is 1.96 bits per heavy atom. The van der Waals surface area contributed by atoms with Gasteiger partial charge in [0, 0.05) is 49.6 Å². The van der Waals surface area contributed by atoms with Crippen molar-refractivity contribution < 1.29 is 4.92 Å². The first-order valence-corrected chi connectivity index (χ1v) is 7.51. The van der Waals surface area contributed by atoms with E-state index in [4.69, 9.17) is 0 Å². The molecule has 0 aliphatic carbocycles. The van der Waals surface area contributed by atoms with E-state index in [0.717, 1.165) is 17.7 Å². The van der Waals surface area contributed by atoms with Crippen LogP contribution in [-0.2, 0) is 7.05 Å². The molecule has 2 aromatic rings. The van der Waals surface area contributed by atoms with Crippen molar-refractivity contribution >= 4 is 5.69 Å². The lowest BCUT2D eigenvalue weighted by atomic mass is 10.1. The maximum Gasteiger partial charge on any atom is 0.269 e. The zero-order valence-electron chi connectivity index (χ0n) is 13.9. The van der Waals surface area contributed by atoms with Crippen LogP contribution in [0.1, 0.15) is 30.1 Å². The summed E-state index contributed by atoms with van der Waals surface area (Å²) >= 11 is 0. The molecule has 23 heavy (non-hydrogen) atoms. The highest BCUT2D eigenvalue weighted by molar-refractivity contribution is 5.34. The minimum atomic E-state index is -0.383. The number of hydrogen-bond donors (Lipinski definition) is 1. The quantitative estimate of drug-likeness (QED) is 0.626. The van der Waals surface area contributed by atoms with Gasteiger partial charge in [0.05, 0.1) is 11.1 Å². The number of benzene rings is 1. The van der Waals surface area contributed by atoms with Crippen molar-refractivity contribution in [1.29, 1.82) is 0 Å². The predicted octanol–water partition coefficient (Wildman–Crippen LogP) is 2.28. The van der Waals surface area contributed by atoms with E-state index in [1.807, 2.05) is 33.5 Å². The fourth-order valence-corrected chi connectivity index (χ4v) is 2.50. The molecule has 1 heterocycles. The molecule has 0 fully saturated rings. The van der Waals surface area contributed by atoms with Gasteiger partial charge in [0.25, 0.3) is 5.69 Å². The average molecular weight is 317 g/mol. The van der Waals surface area contributed by atoms with Crippen molar-refractivity contribution in [2.45, 2.75) is 19.0 Å². The molecule has 0 spiro atoms. The summed E-state index contributed by atoms with van der Waals surface area (Å²) in [6.45, 7) is 2.81. The van der Waals surface area contributed by atoms with Gasteiger partial charge in [-0.05, 0) is 26.6 Å². The minimum Gasteiger partial charge on any atom is -0.308 e. The van der Waals surface area contributed by atoms with Crippen molar-refractivity contribution in [3.63, 3.8) is 0 Å². The first-order valence-electron chi connectivity index (χ1n) is 7.51. The summed E-state index contributed by atoms with van der Waals surface area (Å²) in [6, 6.07) is 6.99. The molecule has 2 rings (SSSR count). The largest absolute Gasteiger partial charge is 0.308 e. The van der Waals surface area contributed by atoms with Crippen molar-refractivity contribution in [2.24, 2.45) is 7.05 Å². The van der Waals surface area contributed by atoms with Crippen LogP contribution < -0.4 is 5.32 Å². The fourth-order valence-electron chi connectivity index (χ4n) is 2.50. The molecule has 0 radical (unpaired) electrons. The minimum absolute atomic E-state index is 0.106. The van der Waals surface area contributed by atoms with Gasteiger partial charge >= 0.3 is 0 Å². The second kappa shape index (κ2) is 7.34. The van der Waals surface area contributed by atoms with Gasteiger partial charge in [-0.15, -0.1) is 0 Å². The number of nitrogens with zero attached hydrogens (tertiary/aromatic N) is 4. The number of nitro benzene ring substituents is 1. The van der Waals surface area contributed by atoms with Crippen LogP contribution in [0.15, 0.2) is 36.7 Å².